The molecule has 0 aromatic carbocycles. The van der Waals surface area contributed by atoms with Gasteiger partial charge in [-0.3, -0.25) is 0 Å². The van der Waals surface area contributed by atoms with Gasteiger partial charge in [-0.2, -0.15) is 0 Å². The molecule has 0 saturated heterocycles. The summed E-state index contributed by atoms with van der Waals surface area (Å²) in [6.07, 6.45) is 11.8. The summed E-state index contributed by atoms with van der Waals surface area (Å²) in [5.41, 5.74) is 0. The van der Waals surface area contributed by atoms with Gasteiger partial charge >= 0.3 is 0 Å². The molecule has 1 fully saturated rings. The lowest BCUT2D eigenvalue weighted by Crippen LogP contribution is -2.31. The first-order chi connectivity index (χ1) is 7.81. The summed E-state index contributed by atoms with van der Waals surface area (Å²) in [6, 6.07) is 0. The molecule has 0 aromatic heterocycles. The molecule has 1 aliphatic carbocycles. The minimum atomic E-state index is 0.928. The zero-order chi connectivity index (χ0) is 11.8. The molecule has 1 aliphatic rings. The molecule has 0 aromatic rings. The van der Waals surface area contributed by atoms with E-state index in [-0.39, 0.29) is 0 Å². The molecular weight excluding hydrogens is 194 g/mol. The highest BCUT2D eigenvalue weighted by Crippen LogP contribution is 2.37. The second-order valence-corrected chi connectivity index (χ2v) is 5.38. The van der Waals surface area contributed by atoms with Crippen LogP contribution >= 0.6 is 0 Å². The molecule has 1 rings (SSSR count). The standard InChI is InChI=1S/C15H29N/c1-4-6-7-8-14-11-13(5-2)9-10-15(14)12-16-3/h4,13-16H,1,5-12H2,2-3H3. The number of allylic oxidation sites excluding steroid dienone is 1. The highest BCUT2D eigenvalue weighted by atomic mass is 14.8. The molecular formula is C15H29N. The zero-order valence-electron chi connectivity index (χ0n) is 11.2. The number of rotatable bonds is 7. The van der Waals surface area contributed by atoms with Gasteiger partial charge in [-0.15, -0.1) is 6.58 Å². The van der Waals surface area contributed by atoms with Crippen LogP contribution in [0.15, 0.2) is 12.7 Å². The van der Waals surface area contributed by atoms with Crippen LogP contribution in [-0.4, -0.2) is 13.6 Å². The van der Waals surface area contributed by atoms with Crippen molar-refractivity contribution in [2.75, 3.05) is 13.6 Å². The van der Waals surface area contributed by atoms with Crippen molar-refractivity contribution in [1.82, 2.24) is 5.32 Å². The molecule has 94 valence electrons. The van der Waals surface area contributed by atoms with E-state index in [1.54, 1.807) is 0 Å². The third-order valence-corrected chi connectivity index (χ3v) is 4.28. The van der Waals surface area contributed by atoms with Crippen LogP contribution in [0.3, 0.4) is 0 Å². The number of nitrogens with one attached hydrogen (secondary N) is 1. The first-order valence-electron chi connectivity index (χ1n) is 7.07. The van der Waals surface area contributed by atoms with Crippen molar-refractivity contribution in [3.8, 4) is 0 Å². The maximum Gasteiger partial charge on any atom is -0.00209 e. The van der Waals surface area contributed by atoms with Gasteiger partial charge in [-0.05, 0) is 63.5 Å². The van der Waals surface area contributed by atoms with Crippen LogP contribution in [0.4, 0.5) is 0 Å². The summed E-state index contributed by atoms with van der Waals surface area (Å²) in [5.74, 6) is 2.89. The van der Waals surface area contributed by atoms with E-state index in [0.29, 0.717) is 0 Å². The Morgan fingerprint density at radius 3 is 2.75 bits per heavy atom. The van der Waals surface area contributed by atoms with Crippen LogP contribution in [0.2, 0.25) is 0 Å². The second-order valence-electron chi connectivity index (χ2n) is 5.38. The van der Waals surface area contributed by atoms with Gasteiger partial charge in [-0.1, -0.05) is 25.8 Å². The van der Waals surface area contributed by atoms with E-state index in [9.17, 15) is 0 Å². The summed E-state index contributed by atoms with van der Waals surface area (Å²) in [5, 5.41) is 3.37. The average molecular weight is 223 g/mol. The SMILES string of the molecule is C=CCCCC1CC(CC)CCC1CNC. The number of hydrogen-bond donors (Lipinski definition) is 1. The van der Waals surface area contributed by atoms with Gasteiger partial charge in [-0.25, -0.2) is 0 Å². The topological polar surface area (TPSA) is 12.0 Å². The molecule has 3 atom stereocenters. The molecule has 0 radical (unpaired) electrons. The Morgan fingerprint density at radius 1 is 1.31 bits per heavy atom. The Balaban J connectivity index is 2.39. The Kier molecular flexibility index (Phi) is 6.79. The molecule has 0 bridgehead atoms. The molecule has 0 amide bonds. The predicted octanol–water partition coefficient (Wildman–Crippen LogP) is 4.00. The van der Waals surface area contributed by atoms with E-state index in [0.717, 1.165) is 17.8 Å². The van der Waals surface area contributed by atoms with Gasteiger partial charge in [0.2, 0.25) is 0 Å². The molecule has 3 unspecified atom stereocenters. The summed E-state index contributed by atoms with van der Waals surface area (Å²) < 4.78 is 0. The molecule has 0 heterocycles. The van der Waals surface area contributed by atoms with E-state index < -0.39 is 0 Å². The zero-order valence-corrected chi connectivity index (χ0v) is 11.2. The fraction of sp³-hybridized carbons (Fsp3) is 0.867. The van der Waals surface area contributed by atoms with Gasteiger partial charge < -0.3 is 5.32 Å². The van der Waals surface area contributed by atoms with Crippen molar-refractivity contribution in [3.05, 3.63) is 12.7 Å². The molecule has 1 nitrogen and oxygen atoms in total. The first-order valence-corrected chi connectivity index (χ1v) is 7.07. The van der Waals surface area contributed by atoms with Crippen LogP contribution in [-0.2, 0) is 0 Å². The molecule has 0 spiro atoms. The maximum atomic E-state index is 3.82. The van der Waals surface area contributed by atoms with Crippen LogP contribution in [0.1, 0.15) is 51.9 Å². The van der Waals surface area contributed by atoms with Gasteiger partial charge in [0.25, 0.3) is 0 Å². The Hall–Kier alpha value is -0.300. The predicted molar refractivity (Wildman–Crippen MR) is 72.6 cm³/mol. The summed E-state index contributed by atoms with van der Waals surface area (Å²) in [6.45, 7) is 7.39. The largest absolute Gasteiger partial charge is 0.319 e. The van der Waals surface area contributed by atoms with Gasteiger partial charge in [0, 0.05) is 0 Å². The van der Waals surface area contributed by atoms with Crippen molar-refractivity contribution in [3.63, 3.8) is 0 Å². The highest BCUT2D eigenvalue weighted by Gasteiger charge is 2.28. The smallest absolute Gasteiger partial charge is 0.00209 e. The lowest BCUT2D eigenvalue weighted by molar-refractivity contribution is 0.163. The normalized spacial score (nSPS) is 30.2. The first kappa shape index (κ1) is 13.8. The third kappa shape index (κ3) is 4.29. The van der Waals surface area contributed by atoms with E-state index in [4.69, 9.17) is 0 Å². The van der Waals surface area contributed by atoms with Crippen LogP contribution < -0.4 is 5.32 Å². The summed E-state index contributed by atoms with van der Waals surface area (Å²) in [4.78, 5) is 0. The molecule has 1 saturated carbocycles. The van der Waals surface area contributed by atoms with E-state index in [2.05, 4.69) is 31.9 Å². The van der Waals surface area contributed by atoms with Gasteiger partial charge in [0.1, 0.15) is 0 Å². The molecule has 16 heavy (non-hydrogen) atoms. The van der Waals surface area contributed by atoms with E-state index in [1.165, 1.54) is 51.5 Å². The summed E-state index contributed by atoms with van der Waals surface area (Å²) in [7, 11) is 2.09. The van der Waals surface area contributed by atoms with Crippen molar-refractivity contribution >= 4 is 0 Å². The van der Waals surface area contributed by atoms with E-state index >= 15 is 0 Å². The van der Waals surface area contributed by atoms with Crippen LogP contribution in [0.5, 0.6) is 0 Å². The lowest BCUT2D eigenvalue weighted by Gasteiger charge is -2.36. The van der Waals surface area contributed by atoms with Gasteiger partial charge in [0.05, 0.1) is 0 Å². The minimum absolute atomic E-state index is 0.928. The quantitative estimate of drug-likeness (QED) is 0.508. The van der Waals surface area contributed by atoms with Crippen molar-refractivity contribution in [2.45, 2.75) is 51.9 Å². The highest BCUT2D eigenvalue weighted by molar-refractivity contribution is 4.81. The summed E-state index contributed by atoms with van der Waals surface area (Å²) >= 11 is 0. The number of hydrogen-bond acceptors (Lipinski definition) is 1. The van der Waals surface area contributed by atoms with Crippen molar-refractivity contribution < 1.29 is 0 Å². The Morgan fingerprint density at radius 2 is 2.12 bits per heavy atom. The second kappa shape index (κ2) is 7.89. The maximum absolute atomic E-state index is 3.82. The third-order valence-electron chi connectivity index (χ3n) is 4.28. The monoisotopic (exact) mass is 223 g/mol. The lowest BCUT2D eigenvalue weighted by atomic mass is 9.71. The number of unbranched alkanes of at least 4 members (excludes halogenated alkanes) is 1. The van der Waals surface area contributed by atoms with Crippen LogP contribution in [0, 0.1) is 17.8 Å². The van der Waals surface area contributed by atoms with Crippen molar-refractivity contribution in [1.29, 1.82) is 0 Å². The fourth-order valence-corrected chi connectivity index (χ4v) is 3.20. The van der Waals surface area contributed by atoms with Gasteiger partial charge in [0.15, 0.2) is 0 Å². The Bertz CT molecular complexity index is 188. The molecule has 1 N–H and O–H groups in total. The average Bonchev–Trinajstić information content (AvgIpc) is 2.31. The molecule has 0 aliphatic heterocycles. The fourth-order valence-electron chi connectivity index (χ4n) is 3.20. The minimum Gasteiger partial charge on any atom is -0.319 e. The van der Waals surface area contributed by atoms with E-state index in [1.807, 2.05) is 0 Å². The van der Waals surface area contributed by atoms with Crippen molar-refractivity contribution in [2.24, 2.45) is 17.8 Å². The van der Waals surface area contributed by atoms with Crippen LogP contribution in [0.25, 0.3) is 0 Å². The Labute approximate surface area is 102 Å². The molecule has 1 heteroatoms.